The Labute approximate surface area is 200 Å². The lowest BCUT2D eigenvalue weighted by molar-refractivity contribution is 0.1000. The molecule has 3 aromatic carbocycles. The summed E-state index contributed by atoms with van der Waals surface area (Å²) in [6.45, 7) is 0.341. The predicted octanol–water partition coefficient (Wildman–Crippen LogP) is 4.20. The quantitative estimate of drug-likeness (QED) is 0.463. The fourth-order valence-corrected chi connectivity index (χ4v) is 4.45. The number of amides is 1. The lowest BCUT2D eigenvalue weighted by Crippen LogP contribution is -2.39. The van der Waals surface area contributed by atoms with Crippen LogP contribution in [0.2, 0.25) is 5.02 Å². The van der Waals surface area contributed by atoms with Crippen LogP contribution in [0.4, 0.5) is 8.78 Å². The Morgan fingerprint density at radius 3 is 2.53 bits per heavy atom. The van der Waals surface area contributed by atoms with E-state index < -0.39 is 23.1 Å². The highest BCUT2D eigenvalue weighted by molar-refractivity contribution is 6.34. The Morgan fingerprint density at radius 2 is 1.88 bits per heavy atom. The van der Waals surface area contributed by atoms with Crippen molar-refractivity contribution >= 4 is 17.5 Å². The number of halogens is 3. The van der Waals surface area contributed by atoms with Crippen LogP contribution in [0.3, 0.4) is 0 Å². The molecule has 178 valence electrons. The zero-order valence-corrected chi connectivity index (χ0v) is 19.1. The van der Waals surface area contributed by atoms with Gasteiger partial charge in [0.05, 0.1) is 17.2 Å². The summed E-state index contributed by atoms with van der Waals surface area (Å²) in [6, 6.07) is 12.9. The largest absolute Gasteiger partial charge is 0.488 e. The number of carbonyl (C=O) groups excluding carboxylic acids is 1. The Balaban J connectivity index is 1.93. The summed E-state index contributed by atoms with van der Waals surface area (Å²) in [5.74, 6) is -2.63. The van der Waals surface area contributed by atoms with Crippen LogP contribution in [0, 0.1) is 11.6 Å². The molecule has 34 heavy (non-hydrogen) atoms. The SMILES string of the molecule is COCCOc1ccc(C(N)=O)c(-c2c(Cl)c(F)cc3c2C[C@@](CN)(c2ccccc2)O3)c1F. The minimum atomic E-state index is -1.02. The molecule has 1 aliphatic rings. The predicted molar refractivity (Wildman–Crippen MR) is 124 cm³/mol. The van der Waals surface area contributed by atoms with E-state index in [1.165, 1.54) is 19.2 Å². The van der Waals surface area contributed by atoms with Crippen LogP contribution in [-0.2, 0) is 16.8 Å². The molecule has 0 aromatic heterocycles. The molecule has 0 aliphatic carbocycles. The highest BCUT2D eigenvalue weighted by Crippen LogP contribution is 2.50. The third kappa shape index (κ3) is 4.09. The van der Waals surface area contributed by atoms with Crippen molar-refractivity contribution in [2.24, 2.45) is 11.5 Å². The van der Waals surface area contributed by atoms with Gasteiger partial charge in [-0.05, 0) is 17.7 Å². The molecule has 4 rings (SSSR count). The van der Waals surface area contributed by atoms with Crippen LogP contribution in [0.5, 0.6) is 11.5 Å². The molecule has 0 unspecified atom stereocenters. The van der Waals surface area contributed by atoms with Gasteiger partial charge in [0.15, 0.2) is 17.2 Å². The molecule has 1 aliphatic heterocycles. The molecule has 6 nitrogen and oxygen atoms in total. The van der Waals surface area contributed by atoms with Crippen molar-refractivity contribution in [3.63, 3.8) is 0 Å². The van der Waals surface area contributed by atoms with Gasteiger partial charge in [-0.2, -0.15) is 0 Å². The number of nitrogens with two attached hydrogens (primary N) is 2. The molecule has 4 N–H and O–H groups in total. The third-order valence-corrected chi connectivity index (χ3v) is 6.22. The number of ether oxygens (including phenoxy) is 3. The van der Waals surface area contributed by atoms with Gasteiger partial charge in [-0.1, -0.05) is 41.9 Å². The molecular formula is C25H23ClF2N2O4. The van der Waals surface area contributed by atoms with Gasteiger partial charge in [-0.25, -0.2) is 8.78 Å². The number of primary amides is 1. The lowest BCUT2D eigenvalue weighted by atomic mass is 9.85. The molecule has 0 fully saturated rings. The summed E-state index contributed by atoms with van der Waals surface area (Å²) in [7, 11) is 1.48. The Morgan fingerprint density at radius 1 is 1.15 bits per heavy atom. The van der Waals surface area contributed by atoms with E-state index in [4.69, 9.17) is 37.3 Å². The summed E-state index contributed by atoms with van der Waals surface area (Å²) < 4.78 is 47.3. The van der Waals surface area contributed by atoms with Gasteiger partial charge in [-0.3, -0.25) is 4.79 Å². The van der Waals surface area contributed by atoms with E-state index in [-0.39, 0.29) is 59.4 Å². The number of carbonyl (C=O) groups is 1. The van der Waals surface area contributed by atoms with Gasteiger partial charge in [-0.15, -0.1) is 0 Å². The summed E-state index contributed by atoms with van der Waals surface area (Å²) in [5.41, 5.74) is 11.4. The average Bonchev–Trinajstić information content (AvgIpc) is 3.21. The highest BCUT2D eigenvalue weighted by Gasteiger charge is 2.43. The number of rotatable bonds is 8. The van der Waals surface area contributed by atoms with Crippen LogP contribution in [0.15, 0.2) is 48.5 Å². The summed E-state index contributed by atoms with van der Waals surface area (Å²) in [4.78, 5) is 12.2. The second-order valence-corrected chi connectivity index (χ2v) is 8.25. The van der Waals surface area contributed by atoms with Crippen LogP contribution in [0.1, 0.15) is 21.5 Å². The van der Waals surface area contributed by atoms with Gasteiger partial charge in [0.2, 0.25) is 5.91 Å². The highest BCUT2D eigenvalue weighted by atomic mass is 35.5. The van der Waals surface area contributed by atoms with Crippen LogP contribution in [0.25, 0.3) is 11.1 Å². The van der Waals surface area contributed by atoms with Crippen molar-refractivity contribution in [2.75, 3.05) is 26.9 Å². The van der Waals surface area contributed by atoms with Crippen molar-refractivity contribution in [1.29, 1.82) is 0 Å². The first-order chi connectivity index (χ1) is 16.3. The maximum absolute atomic E-state index is 15.8. The third-order valence-electron chi connectivity index (χ3n) is 5.85. The van der Waals surface area contributed by atoms with E-state index in [2.05, 4.69) is 0 Å². The number of benzene rings is 3. The van der Waals surface area contributed by atoms with Gasteiger partial charge in [0, 0.05) is 42.8 Å². The molecule has 0 saturated carbocycles. The lowest BCUT2D eigenvalue weighted by Gasteiger charge is -2.27. The summed E-state index contributed by atoms with van der Waals surface area (Å²) in [5, 5.41) is -0.362. The van der Waals surface area contributed by atoms with E-state index in [9.17, 15) is 9.18 Å². The first-order valence-corrected chi connectivity index (χ1v) is 10.9. The summed E-state index contributed by atoms with van der Waals surface area (Å²) >= 11 is 6.38. The molecule has 0 radical (unpaired) electrons. The molecule has 0 saturated heterocycles. The fraction of sp³-hybridized carbons (Fsp3) is 0.240. The monoisotopic (exact) mass is 488 g/mol. The van der Waals surface area contributed by atoms with Crippen molar-refractivity contribution in [2.45, 2.75) is 12.0 Å². The molecular weight excluding hydrogens is 466 g/mol. The van der Waals surface area contributed by atoms with Gasteiger partial charge in [0.1, 0.15) is 18.2 Å². The second kappa shape index (κ2) is 9.58. The van der Waals surface area contributed by atoms with E-state index in [0.717, 1.165) is 11.6 Å². The zero-order valence-electron chi connectivity index (χ0n) is 18.4. The minimum Gasteiger partial charge on any atom is -0.488 e. The summed E-state index contributed by atoms with van der Waals surface area (Å²) in [6.07, 6.45) is 0.171. The zero-order chi connectivity index (χ0) is 24.5. The minimum absolute atomic E-state index is 0.0218. The fourth-order valence-electron chi connectivity index (χ4n) is 4.19. The molecule has 1 heterocycles. The number of hydrogen-bond donors (Lipinski definition) is 2. The van der Waals surface area contributed by atoms with E-state index in [1.807, 2.05) is 30.3 Å². The molecule has 1 atom stereocenters. The number of fused-ring (bicyclic) bond motifs is 1. The molecule has 0 spiro atoms. The van der Waals surface area contributed by atoms with Crippen LogP contribution in [-0.4, -0.2) is 32.8 Å². The van der Waals surface area contributed by atoms with Crippen LogP contribution >= 0.6 is 11.6 Å². The molecule has 1 amide bonds. The number of methoxy groups -OCH3 is 1. The van der Waals surface area contributed by atoms with E-state index >= 15 is 4.39 Å². The second-order valence-electron chi connectivity index (χ2n) is 7.87. The first-order valence-electron chi connectivity index (χ1n) is 10.5. The molecule has 3 aromatic rings. The molecule has 9 heteroatoms. The van der Waals surface area contributed by atoms with E-state index in [1.54, 1.807) is 0 Å². The van der Waals surface area contributed by atoms with Gasteiger partial charge >= 0.3 is 0 Å². The Kier molecular flexibility index (Phi) is 6.74. The normalized spacial score (nSPS) is 16.7. The standard InChI is InChI=1S/C25H23ClF2N2O4/c1-32-9-10-33-18-8-7-15(24(30)31)21(23(18)28)20-16-12-25(13-29,14-5-3-2-4-6-14)34-19(16)11-17(27)22(20)26/h2-8,11H,9-10,12-13,29H2,1H3,(H2,30,31)/t25-/m1/s1. The average molecular weight is 489 g/mol. The molecule has 0 bridgehead atoms. The van der Waals surface area contributed by atoms with Crippen molar-refractivity contribution in [1.82, 2.24) is 0 Å². The Bertz CT molecular complexity index is 1240. The smallest absolute Gasteiger partial charge is 0.249 e. The van der Waals surface area contributed by atoms with Crippen molar-refractivity contribution < 1.29 is 27.8 Å². The first kappa shape index (κ1) is 23.9. The van der Waals surface area contributed by atoms with Gasteiger partial charge < -0.3 is 25.7 Å². The van der Waals surface area contributed by atoms with Gasteiger partial charge in [0.25, 0.3) is 0 Å². The van der Waals surface area contributed by atoms with Crippen molar-refractivity contribution in [3.8, 4) is 22.6 Å². The van der Waals surface area contributed by atoms with Crippen LogP contribution < -0.4 is 20.9 Å². The maximum atomic E-state index is 15.8. The maximum Gasteiger partial charge on any atom is 0.249 e. The van der Waals surface area contributed by atoms with E-state index in [0.29, 0.717) is 5.56 Å². The topological polar surface area (TPSA) is 96.8 Å². The number of hydrogen-bond acceptors (Lipinski definition) is 5. The Hall–Kier alpha value is -3.20. The van der Waals surface area contributed by atoms with Crippen molar-refractivity contribution in [3.05, 3.63) is 81.9 Å².